The van der Waals surface area contributed by atoms with Crippen LogP contribution in [0.4, 0.5) is 5.69 Å². The number of carboxylic acid groups (broad SMARTS) is 1. The second-order valence-corrected chi connectivity index (χ2v) is 5.60. The summed E-state index contributed by atoms with van der Waals surface area (Å²) in [6, 6.07) is 19.6. The number of anilines is 1. The van der Waals surface area contributed by atoms with Crippen molar-refractivity contribution in [3.63, 3.8) is 0 Å². The van der Waals surface area contributed by atoms with Gasteiger partial charge in [0.2, 0.25) is 0 Å². The Hall–Kier alpha value is -3.47. The van der Waals surface area contributed by atoms with Crippen LogP contribution in [0.5, 0.6) is 11.5 Å². The highest BCUT2D eigenvalue weighted by Gasteiger charge is 2.10. The van der Waals surface area contributed by atoms with E-state index in [0.29, 0.717) is 18.0 Å². The van der Waals surface area contributed by atoms with Crippen molar-refractivity contribution < 1.29 is 19.7 Å². The van der Waals surface area contributed by atoms with Crippen molar-refractivity contribution in [3.8, 4) is 22.6 Å². The molecule has 0 spiro atoms. The van der Waals surface area contributed by atoms with Gasteiger partial charge < -0.3 is 20.7 Å². The minimum Gasteiger partial charge on any atom is -0.507 e. The zero-order valence-electron chi connectivity index (χ0n) is 13.3. The normalized spacial score (nSPS) is 10.4. The molecule has 0 unspecified atom stereocenters. The summed E-state index contributed by atoms with van der Waals surface area (Å²) in [6.07, 6.45) is 0. The van der Waals surface area contributed by atoms with E-state index in [1.165, 1.54) is 18.2 Å². The molecule has 0 atom stereocenters. The third-order valence-corrected chi connectivity index (χ3v) is 3.75. The highest BCUT2D eigenvalue weighted by atomic mass is 16.5. The van der Waals surface area contributed by atoms with Crippen LogP contribution in [0, 0.1) is 0 Å². The van der Waals surface area contributed by atoms with Gasteiger partial charge >= 0.3 is 5.97 Å². The fraction of sp³-hybridized carbons (Fsp3) is 0.0500. The van der Waals surface area contributed by atoms with E-state index in [-0.39, 0.29) is 11.3 Å². The lowest BCUT2D eigenvalue weighted by Gasteiger charge is -2.09. The van der Waals surface area contributed by atoms with Gasteiger partial charge in [-0.25, -0.2) is 4.79 Å². The number of rotatable bonds is 5. The predicted molar refractivity (Wildman–Crippen MR) is 95.7 cm³/mol. The van der Waals surface area contributed by atoms with Crippen LogP contribution in [-0.4, -0.2) is 16.2 Å². The molecule has 4 N–H and O–H groups in total. The molecule has 0 aliphatic heterocycles. The summed E-state index contributed by atoms with van der Waals surface area (Å²) in [6.45, 7) is 0.294. The summed E-state index contributed by atoms with van der Waals surface area (Å²) >= 11 is 0. The van der Waals surface area contributed by atoms with Gasteiger partial charge in [-0.05, 0) is 47.0 Å². The molecule has 25 heavy (non-hydrogen) atoms. The quantitative estimate of drug-likeness (QED) is 0.615. The van der Waals surface area contributed by atoms with E-state index in [0.717, 1.165) is 16.7 Å². The fourth-order valence-electron chi connectivity index (χ4n) is 2.51. The van der Waals surface area contributed by atoms with Crippen molar-refractivity contribution in [2.75, 3.05) is 5.73 Å². The number of ether oxygens (including phenoxy) is 1. The fourth-order valence-corrected chi connectivity index (χ4v) is 2.51. The average molecular weight is 335 g/mol. The van der Waals surface area contributed by atoms with Crippen LogP contribution in [0.1, 0.15) is 15.9 Å². The molecule has 0 saturated carbocycles. The van der Waals surface area contributed by atoms with Crippen LogP contribution in [-0.2, 0) is 6.61 Å². The number of aromatic hydroxyl groups is 1. The van der Waals surface area contributed by atoms with Crippen molar-refractivity contribution in [1.29, 1.82) is 0 Å². The topological polar surface area (TPSA) is 92.8 Å². The average Bonchev–Trinajstić information content (AvgIpc) is 2.60. The maximum Gasteiger partial charge on any atom is 0.339 e. The zero-order valence-corrected chi connectivity index (χ0v) is 13.3. The second-order valence-electron chi connectivity index (χ2n) is 5.60. The van der Waals surface area contributed by atoms with Gasteiger partial charge in [0.15, 0.2) is 0 Å². The van der Waals surface area contributed by atoms with Crippen molar-refractivity contribution in [1.82, 2.24) is 0 Å². The maximum atomic E-state index is 10.9. The molecule has 0 heterocycles. The lowest BCUT2D eigenvalue weighted by atomic mass is 10.0. The number of aromatic carboxylic acids is 1. The lowest BCUT2D eigenvalue weighted by Crippen LogP contribution is -1.99. The summed E-state index contributed by atoms with van der Waals surface area (Å²) in [5.41, 5.74) is 9.36. The van der Waals surface area contributed by atoms with E-state index in [2.05, 4.69) is 0 Å². The smallest absolute Gasteiger partial charge is 0.339 e. The Bertz CT molecular complexity index is 921. The Morgan fingerprint density at radius 3 is 2.36 bits per heavy atom. The van der Waals surface area contributed by atoms with Crippen LogP contribution < -0.4 is 10.5 Å². The Labute approximate surface area is 144 Å². The summed E-state index contributed by atoms with van der Waals surface area (Å²) in [5, 5.41) is 18.6. The van der Waals surface area contributed by atoms with Gasteiger partial charge in [-0.1, -0.05) is 30.3 Å². The van der Waals surface area contributed by atoms with Crippen LogP contribution in [0.15, 0.2) is 66.7 Å². The van der Waals surface area contributed by atoms with E-state index in [1.54, 1.807) is 0 Å². The highest BCUT2D eigenvalue weighted by molar-refractivity contribution is 5.90. The number of nitrogen functional groups attached to an aromatic ring is 1. The molecule has 3 rings (SSSR count). The number of phenols is 1. The van der Waals surface area contributed by atoms with Gasteiger partial charge in [0.1, 0.15) is 23.7 Å². The molecule has 3 aromatic carbocycles. The molecule has 0 aliphatic rings. The van der Waals surface area contributed by atoms with E-state index in [4.69, 9.17) is 15.6 Å². The Kier molecular flexibility index (Phi) is 4.57. The van der Waals surface area contributed by atoms with Gasteiger partial charge in [0.05, 0.1) is 0 Å². The summed E-state index contributed by atoms with van der Waals surface area (Å²) in [4.78, 5) is 10.9. The van der Waals surface area contributed by atoms with Crippen LogP contribution in [0.25, 0.3) is 11.1 Å². The molecule has 0 radical (unpaired) electrons. The van der Waals surface area contributed by atoms with E-state index in [9.17, 15) is 9.90 Å². The highest BCUT2D eigenvalue weighted by Crippen LogP contribution is 2.26. The molecule has 0 fully saturated rings. The second kappa shape index (κ2) is 6.97. The summed E-state index contributed by atoms with van der Waals surface area (Å²) in [7, 11) is 0. The third kappa shape index (κ3) is 3.90. The van der Waals surface area contributed by atoms with Crippen molar-refractivity contribution in [2.45, 2.75) is 6.61 Å². The van der Waals surface area contributed by atoms with Gasteiger partial charge in [0, 0.05) is 11.8 Å². The number of carboxylic acids is 1. The number of benzene rings is 3. The first kappa shape index (κ1) is 16.4. The minimum absolute atomic E-state index is 0.156. The van der Waals surface area contributed by atoms with E-state index < -0.39 is 5.97 Å². The van der Waals surface area contributed by atoms with E-state index in [1.807, 2.05) is 48.5 Å². The molecule has 0 saturated heterocycles. The Balaban J connectivity index is 1.75. The minimum atomic E-state index is -1.18. The molecule has 3 aromatic rings. The standard InChI is InChI=1S/C20H17NO4/c21-16-6-2-5-15(10-16)14-4-1-3-13(9-14)12-25-17-7-8-18(20(23)24)19(22)11-17/h1-11,22H,12,21H2,(H,23,24). The number of hydrogen-bond donors (Lipinski definition) is 3. The Morgan fingerprint density at radius 2 is 1.68 bits per heavy atom. The number of nitrogens with two attached hydrogens (primary N) is 1. The van der Waals surface area contributed by atoms with Crippen LogP contribution in [0.3, 0.4) is 0 Å². The van der Waals surface area contributed by atoms with Crippen LogP contribution in [0.2, 0.25) is 0 Å². The summed E-state index contributed by atoms with van der Waals surface area (Å²) in [5.74, 6) is -1.10. The first-order valence-corrected chi connectivity index (χ1v) is 7.67. The molecule has 0 aliphatic carbocycles. The molecule has 5 nitrogen and oxygen atoms in total. The predicted octanol–water partition coefficient (Wildman–Crippen LogP) is 3.92. The van der Waals surface area contributed by atoms with Gasteiger partial charge in [-0.2, -0.15) is 0 Å². The van der Waals surface area contributed by atoms with Gasteiger partial charge in [-0.15, -0.1) is 0 Å². The summed E-state index contributed by atoms with van der Waals surface area (Å²) < 4.78 is 5.64. The van der Waals surface area contributed by atoms with Crippen molar-refractivity contribution in [3.05, 3.63) is 77.9 Å². The molecule has 126 valence electrons. The maximum absolute atomic E-state index is 10.9. The van der Waals surface area contributed by atoms with Crippen molar-refractivity contribution >= 4 is 11.7 Å². The SMILES string of the molecule is Nc1cccc(-c2cccc(COc3ccc(C(=O)O)c(O)c3)c2)c1. The monoisotopic (exact) mass is 335 g/mol. The largest absolute Gasteiger partial charge is 0.507 e. The lowest BCUT2D eigenvalue weighted by molar-refractivity contribution is 0.0693. The molecular weight excluding hydrogens is 318 g/mol. The number of hydrogen-bond acceptors (Lipinski definition) is 4. The molecule has 5 heteroatoms. The first-order valence-electron chi connectivity index (χ1n) is 7.67. The number of carbonyl (C=O) groups is 1. The molecular formula is C20H17NO4. The van der Waals surface area contributed by atoms with Gasteiger partial charge in [0.25, 0.3) is 0 Å². The molecule has 0 bridgehead atoms. The van der Waals surface area contributed by atoms with Crippen LogP contribution >= 0.6 is 0 Å². The Morgan fingerprint density at radius 1 is 0.960 bits per heavy atom. The molecule has 0 amide bonds. The zero-order chi connectivity index (χ0) is 17.8. The van der Waals surface area contributed by atoms with E-state index >= 15 is 0 Å². The first-order chi connectivity index (χ1) is 12.0. The third-order valence-electron chi connectivity index (χ3n) is 3.75. The van der Waals surface area contributed by atoms with Gasteiger partial charge in [-0.3, -0.25) is 0 Å². The van der Waals surface area contributed by atoms with Crippen molar-refractivity contribution in [2.24, 2.45) is 0 Å². The molecule has 0 aromatic heterocycles.